The van der Waals surface area contributed by atoms with Gasteiger partial charge >= 0.3 is 0 Å². The van der Waals surface area contributed by atoms with Gasteiger partial charge < -0.3 is 16.0 Å². The fraction of sp³-hybridized carbons (Fsp3) is 0.412. The zero-order chi connectivity index (χ0) is 17.9. The molecule has 0 saturated carbocycles. The highest BCUT2D eigenvalue weighted by Crippen LogP contribution is 2.13. The van der Waals surface area contributed by atoms with Crippen LogP contribution in [0.5, 0.6) is 0 Å². The number of carbonyl (C=O) groups is 1. The minimum absolute atomic E-state index is 0.0431. The van der Waals surface area contributed by atoms with Crippen LogP contribution in [0.1, 0.15) is 23.7 Å². The molecule has 2 heterocycles. The first-order chi connectivity index (χ1) is 12.2. The first-order valence-corrected chi connectivity index (χ1v) is 9.18. The summed E-state index contributed by atoms with van der Waals surface area (Å²) < 4.78 is 0. The van der Waals surface area contributed by atoms with Crippen molar-refractivity contribution < 1.29 is 4.79 Å². The van der Waals surface area contributed by atoms with E-state index in [-0.39, 0.29) is 12.5 Å². The van der Waals surface area contributed by atoms with Gasteiger partial charge in [0.15, 0.2) is 5.96 Å². The summed E-state index contributed by atoms with van der Waals surface area (Å²) in [7, 11) is 0. The lowest BCUT2D eigenvalue weighted by Crippen LogP contribution is -2.39. The number of aromatic nitrogens is 2. The SMILES string of the molecule is CCNC(=NCC(=O)Nc1cccnc1)NCCc1ncc(CC)s1. The lowest BCUT2D eigenvalue weighted by atomic mass is 10.4. The molecule has 1 amide bonds. The van der Waals surface area contributed by atoms with Crippen LogP contribution in [-0.4, -0.2) is 41.5 Å². The minimum atomic E-state index is -0.183. The molecule has 2 aromatic rings. The third kappa shape index (κ3) is 6.88. The van der Waals surface area contributed by atoms with Crippen molar-refractivity contribution in [1.82, 2.24) is 20.6 Å². The van der Waals surface area contributed by atoms with Gasteiger partial charge in [-0.15, -0.1) is 11.3 Å². The van der Waals surface area contributed by atoms with Crippen molar-refractivity contribution in [2.24, 2.45) is 4.99 Å². The van der Waals surface area contributed by atoms with Crippen molar-refractivity contribution in [3.8, 4) is 0 Å². The molecular weight excluding hydrogens is 336 g/mol. The third-order valence-electron chi connectivity index (χ3n) is 3.25. The fourth-order valence-corrected chi connectivity index (χ4v) is 2.91. The van der Waals surface area contributed by atoms with E-state index in [1.165, 1.54) is 4.88 Å². The van der Waals surface area contributed by atoms with E-state index >= 15 is 0 Å². The van der Waals surface area contributed by atoms with Crippen molar-refractivity contribution in [3.63, 3.8) is 0 Å². The van der Waals surface area contributed by atoms with Gasteiger partial charge in [0.2, 0.25) is 5.91 Å². The lowest BCUT2D eigenvalue weighted by Gasteiger charge is -2.10. The average Bonchev–Trinajstić information content (AvgIpc) is 3.08. The predicted octanol–water partition coefficient (Wildman–Crippen LogP) is 1.84. The molecule has 0 aliphatic rings. The van der Waals surface area contributed by atoms with Crippen molar-refractivity contribution >= 4 is 28.9 Å². The van der Waals surface area contributed by atoms with E-state index in [0.29, 0.717) is 18.2 Å². The van der Waals surface area contributed by atoms with Crippen LogP contribution in [0.4, 0.5) is 5.69 Å². The average molecular weight is 360 g/mol. The van der Waals surface area contributed by atoms with E-state index in [9.17, 15) is 4.79 Å². The van der Waals surface area contributed by atoms with Crippen molar-refractivity contribution in [2.75, 3.05) is 25.0 Å². The summed E-state index contributed by atoms with van der Waals surface area (Å²) in [5.74, 6) is 0.439. The van der Waals surface area contributed by atoms with Gasteiger partial charge in [-0.1, -0.05) is 6.92 Å². The highest BCUT2D eigenvalue weighted by molar-refractivity contribution is 7.11. The maximum atomic E-state index is 11.9. The van der Waals surface area contributed by atoms with Crippen LogP contribution in [0.25, 0.3) is 0 Å². The molecule has 2 rings (SSSR count). The number of thiazole rings is 1. The minimum Gasteiger partial charge on any atom is -0.357 e. The molecular formula is C17H24N6OS. The summed E-state index contributed by atoms with van der Waals surface area (Å²) in [6.45, 7) is 5.60. The quantitative estimate of drug-likeness (QED) is 0.493. The number of nitrogens with zero attached hydrogens (tertiary/aromatic N) is 3. The molecule has 0 fully saturated rings. The van der Waals surface area contributed by atoms with Crippen molar-refractivity contribution in [3.05, 3.63) is 40.6 Å². The Morgan fingerprint density at radius 2 is 2.16 bits per heavy atom. The molecule has 0 saturated heterocycles. The molecule has 0 spiro atoms. The van der Waals surface area contributed by atoms with Gasteiger partial charge in [-0.05, 0) is 25.5 Å². The molecule has 2 aromatic heterocycles. The van der Waals surface area contributed by atoms with Crippen LogP contribution in [-0.2, 0) is 17.6 Å². The summed E-state index contributed by atoms with van der Waals surface area (Å²) in [5, 5.41) is 10.2. The number of amides is 1. The molecule has 0 radical (unpaired) electrons. The zero-order valence-electron chi connectivity index (χ0n) is 14.6. The van der Waals surface area contributed by atoms with Gasteiger partial charge in [0, 0.05) is 36.8 Å². The van der Waals surface area contributed by atoms with Crippen LogP contribution >= 0.6 is 11.3 Å². The summed E-state index contributed by atoms with van der Waals surface area (Å²) in [5.41, 5.74) is 0.663. The summed E-state index contributed by atoms with van der Waals surface area (Å²) >= 11 is 1.74. The summed E-state index contributed by atoms with van der Waals surface area (Å²) in [6.07, 6.45) is 7.04. The highest BCUT2D eigenvalue weighted by Gasteiger charge is 2.04. The molecule has 0 aliphatic carbocycles. The molecule has 0 atom stereocenters. The smallest absolute Gasteiger partial charge is 0.246 e. The second-order valence-corrected chi connectivity index (χ2v) is 6.44. The van der Waals surface area contributed by atoms with Crippen molar-refractivity contribution in [2.45, 2.75) is 26.7 Å². The third-order valence-corrected chi connectivity index (χ3v) is 4.45. The molecule has 0 aromatic carbocycles. The number of pyridine rings is 1. The van der Waals surface area contributed by atoms with E-state index in [0.717, 1.165) is 24.4 Å². The monoisotopic (exact) mass is 360 g/mol. The maximum absolute atomic E-state index is 11.9. The topological polar surface area (TPSA) is 91.3 Å². The van der Waals surface area contributed by atoms with E-state index in [4.69, 9.17) is 0 Å². The molecule has 25 heavy (non-hydrogen) atoms. The van der Waals surface area contributed by atoms with E-state index in [1.54, 1.807) is 35.9 Å². The Bertz CT molecular complexity index is 685. The Morgan fingerprint density at radius 3 is 2.84 bits per heavy atom. The molecule has 134 valence electrons. The fourth-order valence-electron chi connectivity index (χ4n) is 2.04. The second-order valence-electron chi connectivity index (χ2n) is 5.24. The van der Waals surface area contributed by atoms with E-state index in [1.807, 2.05) is 13.1 Å². The van der Waals surface area contributed by atoms with Crippen LogP contribution in [0.15, 0.2) is 35.7 Å². The van der Waals surface area contributed by atoms with E-state index < -0.39 is 0 Å². The van der Waals surface area contributed by atoms with Crippen LogP contribution in [0.3, 0.4) is 0 Å². The number of anilines is 1. The molecule has 0 unspecified atom stereocenters. The van der Waals surface area contributed by atoms with Crippen molar-refractivity contribution in [1.29, 1.82) is 0 Å². The first kappa shape index (κ1) is 18.9. The Kier molecular flexibility index (Phi) is 7.84. The van der Waals surface area contributed by atoms with Gasteiger partial charge in [0.05, 0.1) is 16.9 Å². The summed E-state index contributed by atoms with van der Waals surface area (Å²) in [4.78, 5) is 25.9. The number of guanidine groups is 1. The van der Waals surface area contributed by atoms with Gasteiger partial charge in [0.25, 0.3) is 0 Å². The number of nitrogens with one attached hydrogen (secondary N) is 3. The number of aryl methyl sites for hydroxylation is 1. The number of carbonyl (C=O) groups excluding carboxylic acids is 1. The molecule has 0 aliphatic heterocycles. The molecule has 0 bridgehead atoms. The Morgan fingerprint density at radius 1 is 1.28 bits per heavy atom. The van der Waals surface area contributed by atoms with Gasteiger partial charge in [-0.3, -0.25) is 9.78 Å². The van der Waals surface area contributed by atoms with Gasteiger partial charge in [-0.2, -0.15) is 0 Å². The van der Waals surface area contributed by atoms with Gasteiger partial charge in [0.1, 0.15) is 6.54 Å². The predicted molar refractivity (Wildman–Crippen MR) is 102 cm³/mol. The maximum Gasteiger partial charge on any atom is 0.246 e. The zero-order valence-corrected chi connectivity index (χ0v) is 15.4. The standard InChI is InChI=1S/C17H24N6OS/c1-3-14-11-21-16(25-14)7-9-20-17(19-4-2)22-12-15(24)23-13-6-5-8-18-10-13/h5-6,8,10-11H,3-4,7,9,12H2,1-2H3,(H,23,24)(H2,19,20,22). The van der Waals surface area contributed by atoms with Crippen LogP contribution < -0.4 is 16.0 Å². The Labute approximate surface area is 152 Å². The number of hydrogen-bond donors (Lipinski definition) is 3. The first-order valence-electron chi connectivity index (χ1n) is 8.37. The molecule has 8 heteroatoms. The second kappa shape index (κ2) is 10.4. The van der Waals surface area contributed by atoms with Gasteiger partial charge in [-0.25, -0.2) is 9.98 Å². The number of aliphatic imine (C=N–C) groups is 1. The van der Waals surface area contributed by atoms with E-state index in [2.05, 4.69) is 37.8 Å². The molecule has 3 N–H and O–H groups in total. The highest BCUT2D eigenvalue weighted by atomic mass is 32.1. The Hall–Kier alpha value is -2.48. The number of hydrogen-bond acceptors (Lipinski definition) is 5. The normalized spacial score (nSPS) is 11.2. The lowest BCUT2D eigenvalue weighted by molar-refractivity contribution is -0.114. The Balaban J connectivity index is 1.79. The number of rotatable bonds is 8. The van der Waals surface area contributed by atoms with Crippen LogP contribution in [0, 0.1) is 0 Å². The molecule has 7 nitrogen and oxygen atoms in total. The van der Waals surface area contributed by atoms with Crippen LogP contribution in [0.2, 0.25) is 0 Å². The summed E-state index contributed by atoms with van der Waals surface area (Å²) in [6, 6.07) is 3.56. The largest absolute Gasteiger partial charge is 0.357 e.